The Morgan fingerprint density at radius 1 is 1.09 bits per heavy atom. The third kappa shape index (κ3) is 2.55. The molecule has 0 radical (unpaired) electrons. The highest BCUT2D eigenvalue weighted by Gasteiger charge is 2.26. The van der Waals surface area contributed by atoms with E-state index < -0.39 is 0 Å². The predicted molar refractivity (Wildman–Crippen MR) is 88.3 cm³/mol. The van der Waals surface area contributed by atoms with Crippen LogP contribution in [0.2, 0.25) is 0 Å². The van der Waals surface area contributed by atoms with Crippen LogP contribution in [-0.2, 0) is 0 Å². The Morgan fingerprint density at radius 3 is 2.61 bits per heavy atom. The van der Waals surface area contributed by atoms with Gasteiger partial charge in [-0.05, 0) is 31.4 Å². The molecule has 0 aliphatic heterocycles. The van der Waals surface area contributed by atoms with Crippen LogP contribution in [0.4, 0.5) is 5.82 Å². The topological polar surface area (TPSA) is 66.5 Å². The Kier molecular flexibility index (Phi) is 3.67. The Morgan fingerprint density at radius 2 is 1.91 bits per heavy atom. The number of rotatable bonds is 5. The number of anilines is 1. The lowest BCUT2D eigenvalue weighted by Gasteiger charge is -2.37. The molecule has 1 N–H and O–H groups in total. The minimum atomic E-state index is 0.129. The van der Waals surface area contributed by atoms with E-state index in [0.717, 1.165) is 35.7 Å². The summed E-state index contributed by atoms with van der Waals surface area (Å²) in [7, 11) is 0. The van der Waals surface area contributed by atoms with Gasteiger partial charge in [-0.1, -0.05) is 30.3 Å². The van der Waals surface area contributed by atoms with Crippen LogP contribution in [0.5, 0.6) is 0 Å². The second kappa shape index (κ2) is 5.96. The summed E-state index contributed by atoms with van der Waals surface area (Å²) in [6.07, 6.45) is 3.57. The van der Waals surface area contributed by atoms with Crippen LogP contribution in [0, 0.1) is 0 Å². The van der Waals surface area contributed by atoms with Crippen molar-refractivity contribution in [2.45, 2.75) is 25.3 Å². The zero-order chi connectivity index (χ0) is 15.6. The van der Waals surface area contributed by atoms with Crippen molar-refractivity contribution < 1.29 is 5.11 Å². The number of benzene rings is 1. The maximum absolute atomic E-state index is 9.37. The maximum Gasteiger partial charge on any atom is 0.185 e. The highest BCUT2D eigenvalue weighted by Crippen LogP contribution is 2.28. The quantitative estimate of drug-likeness (QED) is 0.782. The van der Waals surface area contributed by atoms with Crippen LogP contribution >= 0.6 is 0 Å². The van der Waals surface area contributed by atoms with Crippen molar-refractivity contribution in [3.63, 3.8) is 0 Å². The average Bonchev–Trinajstić information content (AvgIpc) is 2.96. The van der Waals surface area contributed by atoms with Crippen molar-refractivity contribution in [3.05, 3.63) is 42.5 Å². The first-order valence-corrected chi connectivity index (χ1v) is 8.02. The van der Waals surface area contributed by atoms with Gasteiger partial charge in [-0.2, -0.15) is 4.52 Å². The molecule has 0 amide bonds. The zero-order valence-corrected chi connectivity index (χ0v) is 12.8. The fraction of sp³-hybridized carbons (Fsp3) is 0.353. The lowest BCUT2D eigenvalue weighted by Crippen LogP contribution is -2.42. The first-order valence-electron chi connectivity index (χ1n) is 8.02. The van der Waals surface area contributed by atoms with Gasteiger partial charge in [0.15, 0.2) is 11.5 Å². The summed E-state index contributed by atoms with van der Waals surface area (Å²) in [5, 5.41) is 22.6. The monoisotopic (exact) mass is 309 g/mol. The Balaban J connectivity index is 1.77. The van der Waals surface area contributed by atoms with E-state index in [1.807, 2.05) is 42.5 Å². The van der Waals surface area contributed by atoms with Crippen LogP contribution < -0.4 is 4.90 Å². The Hall–Kier alpha value is -2.47. The second-order valence-electron chi connectivity index (χ2n) is 5.85. The molecule has 0 unspecified atom stereocenters. The molecule has 23 heavy (non-hydrogen) atoms. The van der Waals surface area contributed by atoms with Gasteiger partial charge in [-0.15, -0.1) is 15.3 Å². The molecule has 1 aliphatic carbocycles. The van der Waals surface area contributed by atoms with Crippen molar-refractivity contribution in [2.24, 2.45) is 0 Å². The minimum absolute atomic E-state index is 0.129. The van der Waals surface area contributed by atoms with Crippen molar-refractivity contribution in [2.75, 3.05) is 18.1 Å². The molecule has 1 saturated carbocycles. The molecule has 0 spiro atoms. The van der Waals surface area contributed by atoms with E-state index in [1.165, 1.54) is 6.42 Å². The molecule has 1 fully saturated rings. The molecule has 2 aromatic heterocycles. The van der Waals surface area contributed by atoms with Gasteiger partial charge >= 0.3 is 0 Å². The molecule has 3 aromatic rings. The Bertz CT molecular complexity index is 797. The highest BCUT2D eigenvalue weighted by molar-refractivity contribution is 5.59. The van der Waals surface area contributed by atoms with Crippen molar-refractivity contribution >= 4 is 11.5 Å². The van der Waals surface area contributed by atoms with E-state index in [1.54, 1.807) is 4.52 Å². The highest BCUT2D eigenvalue weighted by atomic mass is 16.3. The summed E-state index contributed by atoms with van der Waals surface area (Å²) >= 11 is 0. The molecule has 1 aromatic carbocycles. The van der Waals surface area contributed by atoms with Crippen LogP contribution in [0.25, 0.3) is 17.0 Å². The van der Waals surface area contributed by atoms with E-state index in [-0.39, 0.29) is 6.61 Å². The van der Waals surface area contributed by atoms with Crippen molar-refractivity contribution in [1.82, 2.24) is 19.8 Å². The molecular formula is C17H19N5O. The number of fused-ring (bicyclic) bond motifs is 1. The van der Waals surface area contributed by atoms with Gasteiger partial charge in [-0.3, -0.25) is 0 Å². The molecule has 118 valence electrons. The fourth-order valence-electron chi connectivity index (χ4n) is 2.99. The zero-order valence-electron chi connectivity index (χ0n) is 12.8. The first kappa shape index (κ1) is 14.1. The molecule has 0 saturated heterocycles. The van der Waals surface area contributed by atoms with E-state index in [0.29, 0.717) is 12.6 Å². The lowest BCUT2D eigenvalue weighted by atomic mass is 9.91. The molecule has 6 heteroatoms. The molecule has 1 aliphatic rings. The summed E-state index contributed by atoms with van der Waals surface area (Å²) in [5.74, 6) is 1.60. The molecule has 0 atom stereocenters. The summed E-state index contributed by atoms with van der Waals surface area (Å²) in [4.78, 5) is 2.19. The molecular weight excluding hydrogens is 290 g/mol. The van der Waals surface area contributed by atoms with Crippen molar-refractivity contribution in [3.8, 4) is 11.4 Å². The van der Waals surface area contributed by atoms with E-state index in [4.69, 9.17) is 5.10 Å². The van der Waals surface area contributed by atoms with Crippen LogP contribution in [0.15, 0.2) is 42.5 Å². The smallest absolute Gasteiger partial charge is 0.185 e. The molecule has 0 bridgehead atoms. The number of aromatic nitrogens is 4. The molecule has 6 nitrogen and oxygen atoms in total. The number of aliphatic hydroxyl groups is 1. The summed E-state index contributed by atoms with van der Waals surface area (Å²) in [6.45, 7) is 0.732. The van der Waals surface area contributed by atoms with Crippen molar-refractivity contribution in [1.29, 1.82) is 0 Å². The second-order valence-corrected chi connectivity index (χ2v) is 5.85. The minimum Gasteiger partial charge on any atom is -0.395 e. The van der Waals surface area contributed by atoms with E-state index in [9.17, 15) is 5.11 Å². The van der Waals surface area contributed by atoms with Crippen LogP contribution in [0.1, 0.15) is 19.3 Å². The van der Waals surface area contributed by atoms with Gasteiger partial charge < -0.3 is 10.0 Å². The third-order valence-corrected chi connectivity index (χ3v) is 4.43. The van der Waals surface area contributed by atoms with Gasteiger partial charge in [0.2, 0.25) is 0 Å². The maximum atomic E-state index is 9.37. The normalized spacial score (nSPS) is 14.8. The van der Waals surface area contributed by atoms with E-state index in [2.05, 4.69) is 15.1 Å². The van der Waals surface area contributed by atoms with Gasteiger partial charge in [0.05, 0.1) is 6.61 Å². The number of hydrogen-bond donors (Lipinski definition) is 1. The summed E-state index contributed by atoms with van der Waals surface area (Å²) in [5.41, 5.74) is 1.71. The fourth-order valence-corrected chi connectivity index (χ4v) is 2.99. The van der Waals surface area contributed by atoms with Gasteiger partial charge in [0, 0.05) is 18.2 Å². The van der Waals surface area contributed by atoms with Gasteiger partial charge in [-0.25, -0.2) is 0 Å². The van der Waals surface area contributed by atoms with Gasteiger partial charge in [0.1, 0.15) is 5.82 Å². The summed E-state index contributed by atoms with van der Waals surface area (Å²) in [6, 6.07) is 14.3. The van der Waals surface area contributed by atoms with E-state index >= 15 is 0 Å². The first-order chi connectivity index (χ1) is 11.4. The lowest BCUT2D eigenvalue weighted by molar-refractivity contribution is 0.282. The number of nitrogens with zero attached hydrogens (tertiary/aromatic N) is 5. The van der Waals surface area contributed by atoms with Crippen LogP contribution in [0.3, 0.4) is 0 Å². The Labute approximate surface area is 134 Å². The third-order valence-electron chi connectivity index (χ3n) is 4.43. The molecule has 2 heterocycles. The number of aliphatic hydroxyl groups excluding tert-OH is 1. The summed E-state index contributed by atoms with van der Waals surface area (Å²) < 4.78 is 1.79. The van der Waals surface area contributed by atoms with Crippen LogP contribution in [-0.4, -0.2) is 44.1 Å². The standard InChI is InChI=1S/C17H19N5O/c23-12-11-21(14-7-4-8-14)16-10-9-15-18-19-17(22(15)20-16)13-5-2-1-3-6-13/h1-3,5-6,9-10,14,23H,4,7-8,11-12H2. The molecule has 4 rings (SSSR count). The number of hydrogen-bond acceptors (Lipinski definition) is 5. The van der Waals surface area contributed by atoms with Gasteiger partial charge in [0.25, 0.3) is 0 Å². The average molecular weight is 309 g/mol. The largest absolute Gasteiger partial charge is 0.395 e. The SMILES string of the molecule is OCCN(c1ccc2nnc(-c3ccccc3)n2n1)C1CCC1. The predicted octanol–water partition coefficient (Wildman–Crippen LogP) is 2.14.